The van der Waals surface area contributed by atoms with Crippen molar-refractivity contribution in [3.05, 3.63) is 0 Å². The predicted octanol–water partition coefficient (Wildman–Crippen LogP) is 0.361. The Kier molecular flexibility index (Phi) is 6.72. The quantitative estimate of drug-likeness (QED) is 0.646. The Morgan fingerprint density at radius 3 is 2.61 bits per heavy atom. The third-order valence-corrected chi connectivity index (χ3v) is 3.41. The summed E-state index contributed by atoms with van der Waals surface area (Å²) in [7, 11) is 0. The van der Waals surface area contributed by atoms with Gasteiger partial charge in [0.05, 0.1) is 5.92 Å². The molecule has 5 heteroatoms. The highest BCUT2D eigenvalue weighted by Gasteiger charge is 2.21. The molecule has 0 spiro atoms. The lowest BCUT2D eigenvalue weighted by Gasteiger charge is -2.18. The Morgan fingerprint density at radius 2 is 2.06 bits per heavy atom. The van der Waals surface area contributed by atoms with Crippen LogP contribution in [0.2, 0.25) is 0 Å². The van der Waals surface area contributed by atoms with Crippen LogP contribution in [0.3, 0.4) is 0 Å². The average molecular weight is 255 g/mol. The maximum atomic E-state index is 11.7. The summed E-state index contributed by atoms with van der Waals surface area (Å²) >= 11 is 0. The van der Waals surface area contributed by atoms with Gasteiger partial charge in [0.15, 0.2) is 0 Å². The fourth-order valence-electron chi connectivity index (χ4n) is 2.21. The van der Waals surface area contributed by atoms with Gasteiger partial charge in [0.1, 0.15) is 0 Å². The molecular formula is C13H25N3O2. The summed E-state index contributed by atoms with van der Waals surface area (Å²) in [6.45, 7) is 7.79. The van der Waals surface area contributed by atoms with Crippen LogP contribution in [0.4, 0.5) is 0 Å². The van der Waals surface area contributed by atoms with Crippen LogP contribution < -0.4 is 10.6 Å². The maximum Gasteiger partial charge on any atom is 0.224 e. The summed E-state index contributed by atoms with van der Waals surface area (Å²) in [5.74, 6) is 0.413. The Labute approximate surface area is 109 Å². The highest BCUT2D eigenvalue weighted by Crippen LogP contribution is 2.07. The molecule has 1 heterocycles. The second kappa shape index (κ2) is 8.08. The normalized spacial score (nSPS) is 18.7. The van der Waals surface area contributed by atoms with Crippen molar-refractivity contribution in [3.8, 4) is 0 Å². The first-order valence-corrected chi connectivity index (χ1v) is 6.95. The molecule has 0 aromatic heterocycles. The van der Waals surface area contributed by atoms with E-state index in [1.165, 1.54) is 0 Å². The zero-order valence-electron chi connectivity index (χ0n) is 11.5. The van der Waals surface area contributed by atoms with Gasteiger partial charge in [0.25, 0.3) is 0 Å². The molecule has 0 bridgehead atoms. The summed E-state index contributed by atoms with van der Waals surface area (Å²) in [5.41, 5.74) is 0. The van der Waals surface area contributed by atoms with Crippen molar-refractivity contribution in [2.45, 2.75) is 33.1 Å². The molecule has 5 nitrogen and oxygen atoms in total. The molecule has 18 heavy (non-hydrogen) atoms. The molecule has 0 radical (unpaired) electrons. The standard InChI is InChI=1S/C13H25N3O2/c1-3-16(4-2)12(17)6-5-8-15-13(18)11-7-9-14-10-11/h11,14H,3-10H2,1-2H3,(H,15,18). The minimum atomic E-state index is 0.114. The van der Waals surface area contributed by atoms with E-state index in [0.29, 0.717) is 13.0 Å². The molecule has 1 saturated heterocycles. The molecular weight excluding hydrogens is 230 g/mol. The lowest BCUT2D eigenvalue weighted by atomic mass is 10.1. The van der Waals surface area contributed by atoms with Gasteiger partial charge in [-0.15, -0.1) is 0 Å². The van der Waals surface area contributed by atoms with Gasteiger partial charge < -0.3 is 15.5 Å². The molecule has 1 unspecified atom stereocenters. The molecule has 1 fully saturated rings. The van der Waals surface area contributed by atoms with Gasteiger partial charge in [-0.2, -0.15) is 0 Å². The first-order valence-electron chi connectivity index (χ1n) is 6.95. The monoisotopic (exact) mass is 255 g/mol. The van der Waals surface area contributed by atoms with E-state index in [1.807, 2.05) is 18.7 Å². The van der Waals surface area contributed by atoms with Crippen LogP contribution in [-0.2, 0) is 9.59 Å². The lowest BCUT2D eigenvalue weighted by molar-refractivity contribution is -0.131. The van der Waals surface area contributed by atoms with Crippen LogP contribution in [0.1, 0.15) is 33.1 Å². The maximum absolute atomic E-state index is 11.7. The molecule has 1 aliphatic heterocycles. The molecule has 0 aromatic carbocycles. The number of hydrogen-bond acceptors (Lipinski definition) is 3. The smallest absolute Gasteiger partial charge is 0.224 e. The van der Waals surface area contributed by atoms with E-state index < -0.39 is 0 Å². The predicted molar refractivity (Wildman–Crippen MR) is 71.1 cm³/mol. The Balaban J connectivity index is 2.10. The Morgan fingerprint density at radius 1 is 1.33 bits per heavy atom. The van der Waals surface area contributed by atoms with E-state index in [2.05, 4.69) is 10.6 Å². The zero-order chi connectivity index (χ0) is 13.4. The topological polar surface area (TPSA) is 61.4 Å². The van der Waals surface area contributed by atoms with E-state index in [9.17, 15) is 9.59 Å². The molecule has 0 aromatic rings. The van der Waals surface area contributed by atoms with Gasteiger partial charge in [-0.05, 0) is 33.2 Å². The van der Waals surface area contributed by atoms with E-state index in [-0.39, 0.29) is 17.7 Å². The van der Waals surface area contributed by atoms with Gasteiger partial charge >= 0.3 is 0 Å². The van der Waals surface area contributed by atoms with E-state index in [0.717, 1.165) is 39.0 Å². The van der Waals surface area contributed by atoms with E-state index >= 15 is 0 Å². The summed E-state index contributed by atoms with van der Waals surface area (Å²) in [6.07, 6.45) is 2.16. The molecule has 2 N–H and O–H groups in total. The number of rotatable bonds is 7. The van der Waals surface area contributed by atoms with Crippen molar-refractivity contribution in [2.75, 3.05) is 32.7 Å². The molecule has 0 aliphatic carbocycles. The zero-order valence-corrected chi connectivity index (χ0v) is 11.5. The Bertz CT molecular complexity index is 255. The van der Waals surface area contributed by atoms with Crippen molar-refractivity contribution in [1.29, 1.82) is 0 Å². The van der Waals surface area contributed by atoms with Gasteiger partial charge in [-0.25, -0.2) is 0 Å². The fraction of sp³-hybridized carbons (Fsp3) is 0.846. The second-order valence-electron chi connectivity index (χ2n) is 4.65. The summed E-state index contributed by atoms with van der Waals surface area (Å²) in [6, 6.07) is 0. The highest BCUT2D eigenvalue weighted by atomic mass is 16.2. The van der Waals surface area contributed by atoms with Crippen molar-refractivity contribution < 1.29 is 9.59 Å². The molecule has 1 rings (SSSR count). The van der Waals surface area contributed by atoms with Crippen molar-refractivity contribution in [1.82, 2.24) is 15.5 Å². The first kappa shape index (κ1) is 15.0. The van der Waals surface area contributed by atoms with Crippen LogP contribution in [0.25, 0.3) is 0 Å². The van der Waals surface area contributed by atoms with Crippen LogP contribution in [-0.4, -0.2) is 49.4 Å². The van der Waals surface area contributed by atoms with Crippen LogP contribution in [0.15, 0.2) is 0 Å². The molecule has 0 saturated carbocycles. The first-order chi connectivity index (χ1) is 8.69. The number of carbonyl (C=O) groups is 2. The average Bonchev–Trinajstić information content (AvgIpc) is 2.89. The molecule has 2 amide bonds. The van der Waals surface area contributed by atoms with Crippen molar-refractivity contribution >= 4 is 11.8 Å². The third kappa shape index (κ3) is 4.64. The highest BCUT2D eigenvalue weighted by molar-refractivity contribution is 5.79. The minimum absolute atomic E-state index is 0.114. The van der Waals surface area contributed by atoms with E-state index in [1.54, 1.807) is 0 Å². The van der Waals surface area contributed by atoms with E-state index in [4.69, 9.17) is 0 Å². The van der Waals surface area contributed by atoms with Crippen molar-refractivity contribution in [2.24, 2.45) is 5.92 Å². The minimum Gasteiger partial charge on any atom is -0.356 e. The van der Waals surface area contributed by atoms with Crippen LogP contribution >= 0.6 is 0 Å². The van der Waals surface area contributed by atoms with Crippen molar-refractivity contribution in [3.63, 3.8) is 0 Å². The third-order valence-electron chi connectivity index (χ3n) is 3.41. The molecule has 1 aliphatic rings. The number of hydrogen-bond donors (Lipinski definition) is 2. The second-order valence-corrected chi connectivity index (χ2v) is 4.65. The number of nitrogens with one attached hydrogen (secondary N) is 2. The lowest BCUT2D eigenvalue weighted by Crippen LogP contribution is -2.34. The van der Waals surface area contributed by atoms with Gasteiger partial charge in [-0.1, -0.05) is 0 Å². The largest absolute Gasteiger partial charge is 0.356 e. The van der Waals surface area contributed by atoms with Gasteiger partial charge in [-0.3, -0.25) is 9.59 Å². The van der Waals surface area contributed by atoms with Crippen LogP contribution in [0, 0.1) is 5.92 Å². The van der Waals surface area contributed by atoms with Gasteiger partial charge in [0, 0.05) is 32.6 Å². The number of carbonyl (C=O) groups excluding carboxylic acids is 2. The van der Waals surface area contributed by atoms with Crippen LogP contribution in [0.5, 0.6) is 0 Å². The number of amides is 2. The summed E-state index contributed by atoms with van der Waals surface area (Å²) in [5, 5.41) is 6.08. The Hall–Kier alpha value is -1.10. The summed E-state index contributed by atoms with van der Waals surface area (Å²) in [4.78, 5) is 25.2. The fourth-order valence-corrected chi connectivity index (χ4v) is 2.21. The molecule has 104 valence electrons. The summed E-state index contributed by atoms with van der Waals surface area (Å²) < 4.78 is 0. The number of nitrogens with zero attached hydrogens (tertiary/aromatic N) is 1. The SMILES string of the molecule is CCN(CC)C(=O)CCCNC(=O)C1CCNC1. The van der Waals surface area contributed by atoms with Gasteiger partial charge in [0.2, 0.25) is 11.8 Å². The molecule has 1 atom stereocenters.